The Morgan fingerprint density at radius 3 is 2.44 bits per heavy atom. The summed E-state index contributed by atoms with van der Waals surface area (Å²) in [4.78, 5) is 13.6. The maximum Gasteiger partial charge on any atom is 0.193 e. The quantitative estimate of drug-likeness (QED) is 0.852. The Balaban J connectivity index is 2.02. The molecule has 0 saturated heterocycles. The molecule has 3 atom stereocenters. The van der Waals surface area contributed by atoms with E-state index < -0.39 is 5.66 Å². The molecule has 0 aliphatic carbocycles. The van der Waals surface area contributed by atoms with Crippen LogP contribution in [0.5, 0.6) is 0 Å². The molecule has 6 nitrogen and oxygen atoms in total. The highest BCUT2D eigenvalue weighted by Crippen LogP contribution is 2.34. The molecule has 0 amide bonds. The molecule has 4 N–H and O–H groups in total. The van der Waals surface area contributed by atoms with Crippen LogP contribution >= 0.6 is 0 Å². The Labute approximate surface area is 150 Å². The van der Waals surface area contributed by atoms with Crippen LogP contribution in [0.15, 0.2) is 40.3 Å². The average molecular weight is 342 g/mol. The second-order valence-electron chi connectivity index (χ2n) is 7.71. The molecule has 3 unspecified atom stereocenters. The zero-order valence-corrected chi connectivity index (χ0v) is 15.7. The lowest BCUT2D eigenvalue weighted by atomic mass is 9.93. The normalized spacial score (nSPS) is 26.0. The van der Waals surface area contributed by atoms with Crippen molar-refractivity contribution in [2.24, 2.45) is 27.4 Å². The molecule has 25 heavy (non-hydrogen) atoms. The number of aliphatic imine (C=N–C) groups is 2. The molecule has 0 aromatic heterocycles. The van der Waals surface area contributed by atoms with Crippen LogP contribution in [0.4, 0.5) is 0 Å². The lowest BCUT2D eigenvalue weighted by Gasteiger charge is -2.50. The largest absolute Gasteiger partial charge is 0.370 e. The van der Waals surface area contributed by atoms with Crippen molar-refractivity contribution in [2.45, 2.75) is 51.9 Å². The van der Waals surface area contributed by atoms with Crippen molar-refractivity contribution >= 4 is 11.9 Å². The first kappa shape index (κ1) is 17.6. The van der Waals surface area contributed by atoms with Gasteiger partial charge in [-0.05, 0) is 25.3 Å². The molecule has 136 valence electrons. The summed E-state index contributed by atoms with van der Waals surface area (Å²) in [5.41, 5.74) is 13.5. The number of hydrogen-bond acceptors (Lipinski definition) is 6. The molecule has 0 fully saturated rings. The topological polar surface area (TPSA) is 83.2 Å². The summed E-state index contributed by atoms with van der Waals surface area (Å²) in [7, 11) is 0. The number of nitrogens with two attached hydrogens (primary N) is 2. The van der Waals surface area contributed by atoms with E-state index in [4.69, 9.17) is 11.5 Å². The number of nitrogens with zero attached hydrogens (tertiary/aromatic N) is 4. The van der Waals surface area contributed by atoms with Gasteiger partial charge in [-0.1, -0.05) is 44.2 Å². The molecule has 6 heteroatoms. The van der Waals surface area contributed by atoms with Crippen LogP contribution in [-0.2, 0) is 6.42 Å². The van der Waals surface area contributed by atoms with E-state index in [1.54, 1.807) is 0 Å². The highest BCUT2D eigenvalue weighted by Gasteiger charge is 2.48. The van der Waals surface area contributed by atoms with Crippen LogP contribution < -0.4 is 11.5 Å². The van der Waals surface area contributed by atoms with E-state index in [2.05, 4.69) is 71.7 Å². The van der Waals surface area contributed by atoms with Crippen LogP contribution in [0, 0.1) is 5.92 Å². The van der Waals surface area contributed by atoms with Crippen molar-refractivity contribution in [3.05, 3.63) is 35.9 Å². The molecule has 0 bridgehead atoms. The first-order chi connectivity index (χ1) is 11.8. The fraction of sp³-hybridized carbons (Fsp3) is 0.579. The van der Waals surface area contributed by atoms with Gasteiger partial charge in [0.05, 0.1) is 18.6 Å². The Kier molecular flexibility index (Phi) is 4.62. The number of rotatable bonds is 5. The minimum absolute atomic E-state index is 0.188. The Morgan fingerprint density at radius 1 is 1.20 bits per heavy atom. The van der Waals surface area contributed by atoms with E-state index in [9.17, 15) is 0 Å². The molecular formula is C19H30N6. The van der Waals surface area contributed by atoms with Gasteiger partial charge < -0.3 is 21.3 Å². The highest BCUT2D eigenvalue weighted by atomic mass is 15.5. The monoisotopic (exact) mass is 342 g/mol. The SMILES string of the molecule is CC1CN(C(C)(Cc2ccccc2)N2C(N)=NCC2C(C)C)C(N)=N1. The van der Waals surface area contributed by atoms with Crippen LogP contribution in [0.3, 0.4) is 0 Å². The van der Waals surface area contributed by atoms with Crippen molar-refractivity contribution in [3.8, 4) is 0 Å². The maximum absolute atomic E-state index is 6.36. The summed E-state index contributed by atoms with van der Waals surface area (Å²) in [5.74, 6) is 1.63. The third-order valence-corrected chi connectivity index (χ3v) is 5.35. The smallest absolute Gasteiger partial charge is 0.193 e. The second-order valence-corrected chi connectivity index (χ2v) is 7.71. The Morgan fingerprint density at radius 2 is 1.88 bits per heavy atom. The van der Waals surface area contributed by atoms with Crippen molar-refractivity contribution in [2.75, 3.05) is 13.1 Å². The fourth-order valence-corrected chi connectivity index (χ4v) is 4.06. The van der Waals surface area contributed by atoms with Crippen LogP contribution in [-0.4, -0.2) is 52.6 Å². The van der Waals surface area contributed by atoms with E-state index in [1.807, 2.05) is 6.07 Å². The van der Waals surface area contributed by atoms with Crippen LogP contribution in [0.2, 0.25) is 0 Å². The van der Waals surface area contributed by atoms with E-state index in [-0.39, 0.29) is 12.1 Å². The van der Waals surface area contributed by atoms with Crippen molar-refractivity contribution in [1.29, 1.82) is 0 Å². The van der Waals surface area contributed by atoms with Gasteiger partial charge in [0, 0.05) is 13.0 Å². The van der Waals surface area contributed by atoms with E-state index >= 15 is 0 Å². The Hall–Kier alpha value is -2.24. The summed E-state index contributed by atoms with van der Waals surface area (Å²) >= 11 is 0. The number of guanidine groups is 2. The third kappa shape index (κ3) is 3.17. The van der Waals surface area contributed by atoms with Gasteiger partial charge in [-0.3, -0.25) is 4.99 Å². The summed E-state index contributed by atoms with van der Waals surface area (Å²) in [5, 5.41) is 0. The van der Waals surface area contributed by atoms with Gasteiger partial charge in [-0.2, -0.15) is 0 Å². The minimum atomic E-state index is -0.404. The molecule has 2 aliphatic rings. The highest BCUT2D eigenvalue weighted by molar-refractivity contribution is 5.84. The van der Waals surface area contributed by atoms with Crippen LogP contribution in [0.1, 0.15) is 33.3 Å². The lowest BCUT2D eigenvalue weighted by Crippen LogP contribution is -2.67. The van der Waals surface area contributed by atoms with Gasteiger partial charge in [-0.15, -0.1) is 0 Å². The molecule has 2 aliphatic heterocycles. The van der Waals surface area contributed by atoms with Crippen molar-refractivity contribution in [1.82, 2.24) is 9.80 Å². The summed E-state index contributed by atoms with van der Waals surface area (Å²) in [6.07, 6.45) is 0.802. The molecular weight excluding hydrogens is 312 g/mol. The predicted molar refractivity (Wildman–Crippen MR) is 103 cm³/mol. The van der Waals surface area contributed by atoms with Gasteiger partial charge in [0.15, 0.2) is 11.9 Å². The van der Waals surface area contributed by atoms with Gasteiger partial charge in [0.2, 0.25) is 0 Å². The zero-order chi connectivity index (χ0) is 18.2. The van der Waals surface area contributed by atoms with E-state index in [1.165, 1.54) is 5.56 Å². The summed E-state index contributed by atoms with van der Waals surface area (Å²) in [6.45, 7) is 10.3. The van der Waals surface area contributed by atoms with Crippen molar-refractivity contribution < 1.29 is 0 Å². The van der Waals surface area contributed by atoms with E-state index in [0.29, 0.717) is 17.8 Å². The van der Waals surface area contributed by atoms with Crippen LogP contribution in [0.25, 0.3) is 0 Å². The third-order valence-electron chi connectivity index (χ3n) is 5.35. The molecule has 3 rings (SSSR count). The first-order valence-electron chi connectivity index (χ1n) is 9.07. The predicted octanol–water partition coefficient (Wildman–Crippen LogP) is 1.62. The summed E-state index contributed by atoms with van der Waals surface area (Å²) < 4.78 is 0. The van der Waals surface area contributed by atoms with Gasteiger partial charge >= 0.3 is 0 Å². The average Bonchev–Trinajstić information content (AvgIpc) is 3.11. The molecule has 0 radical (unpaired) electrons. The molecule has 0 spiro atoms. The minimum Gasteiger partial charge on any atom is -0.370 e. The second kappa shape index (κ2) is 6.58. The molecule has 0 saturated carbocycles. The standard InChI is InChI=1S/C19H30N6/c1-13(2)16-11-22-17(20)25(16)19(4,10-15-8-6-5-7-9-15)24-12-14(3)23-18(24)21/h5-9,13-14,16H,10-12H2,1-4H3,(H2,20,22)(H2,21,23). The lowest BCUT2D eigenvalue weighted by molar-refractivity contribution is 0.0210. The number of benzene rings is 1. The first-order valence-corrected chi connectivity index (χ1v) is 9.07. The fourth-order valence-electron chi connectivity index (χ4n) is 4.06. The molecule has 1 aromatic carbocycles. The molecule has 2 heterocycles. The van der Waals surface area contributed by atoms with Crippen molar-refractivity contribution in [3.63, 3.8) is 0 Å². The van der Waals surface area contributed by atoms with Gasteiger partial charge in [-0.25, -0.2) is 4.99 Å². The molecule has 1 aromatic rings. The Bertz CT molecular complexity index is 668. The summed E-state index contributed by atoms with van der Waals surface area (Å²) in [6, 6.07) is 10.9. The van der Waals surface area contributed by atoms with E-state index in [0.717, 1.165) is 19.5 Å². The maximum atomic E-state index is 6.36. The number of hydrogen-bond donors (Lipinski definition) is 2. The van der Waals surface area contributed by atoms with Gasteiger partial charge in [0.25, 0.3) is 0 Å². The van der Waals surface area contributed by atoms with Gasteiger partial charge in [0.1, 0.15) is 5.66 Å². The zero-order valence-electron chi connectivity index (χ0n) is 15.7.